The molecule has 8 rings (SSSR count). The molecule has 5 aliphatic rings. The quantitative estimate of drug-likeness (QED) is 0.0790. The lowest BCUT2D eigenvalue weighted by Crippen LogP contribution is -2.67. The van der Waals surface area contributed by atoms with Gasteiger partial charge in [0.2, 0.25) is 0 Å². The van der Waals surface area contributed by atoms with Gasteiger partial charge in [0.05, 0.1) is 12.8 Å². The number of hydrogen-bond acceptors (Lipinski definition) is 4. The summed E-state index contributed by atoms with van der Waals surface area (Å²) in [6.07, 6.45) is 15.0. The molecule has 5 aliphatic carbocycles. The number of carbonyl (C=O) groups is 2. The number of hydrogen-bond donors (Lipinski definition) is 0. The zero-order chi connectivity index (χ0) is 42.6. The minimum absolute atomic E-state index is 0.00471. The summed E-state index contributed by atoms with van der Waals surface area (Å²) in [5.74, 6) is 2.65. The first-order valence-corrected chi connectivity index (χ1v) is 25.6. The number of ether oxygens (including phenoxy) is 2. The van der Waals surface area contributed by atoms with Crippen molar-refractivity contribution in [1.29, 1.82) is 0 Å². The zero-order valence-electron chi connectivity index (χ0n) is 38.0. The highest BCUT2D eigenvalue weighted by Gasteiger charge is 2.71. The van der Waals surface area contributed by atoms with Crippen LogP contribution in [-0.2, 0) is 19.1 Å². The monoisotopic (exact) mass is 830 g/mol. The van der Waals surface area contributed by atoms with Gasteiger partial charge >= 0.3 is 11.9 Å². The Morgan fingerprint density at radius 2 is 1.27 bits per heavy atom. The molecule has 4 nitrogen and oxygen atoms in total. The Morgan fingerprint density at radius 1 is 0.667 bits per heavy atom. The fourth-order valence-corrected chi connectivity index (χ4v) is 20.1. The minimum Gasteiger partial charge on any atom is -0.465 e. The lowest BCUT2D eigenvalue weighted by Gasteiger charge is -2.73. The minimum atomic E-state index is -1.92. The first kappa shape index (κ1) is 43.4. The lowest BCUT2D eigenvalue weighted by atomic mass is 9.32. The smallest absolute Gasteiger partial charge is 0.305 e. The molecule has 0 saturated heterocycles. The maximum absolute atomic E-state index is 13.9. The zero-order valence-corrected chi connectivity index (χ0v) is 38.9. The summed E-state index contributed by atoms with van der Waals surface area (Å²) in [7, 11) is -1.92. The normalized spacial score (nSPS) is 35.5. The molecule has 0 bridgehead atoms. The summed E-state index contributed by atoms with van der Waals surface area (Å²) in [4.78, 5) is 26.0. The maximum atomic E-state index is 13.9. The van der Waals surface area contributed by atoms with Crippen LogP contribution in [0.5, 0.6) is 0 Å². The molecule has 5 fully saturated rings. The van der Waals surface area contributed by atoms with E-state index < -0.39 is 7.26 Å². The third-order valence-electron chi connectivity index (χ3n) is 18.7. The van der Waals surface area contributed by atoms with E-state index in [1.807, 2.05) is 0 Å². The van der Waals surface area contributed by atoms with Crippen molar-refractivity contribution in [2.45, 2.75) is 138 Å². The highest BCUT2D eigenvalue weighted by atomic mass is 31.2. The van der Waals surface area contributed by atoms with E-state index in [1.165, 1.54) is 60.0 Å². The molecule has 0 N–H and O–H groups in total. The molecule has 60 heavy (non-hydrogen) atoms. The van der Waals surface area contributed by atoms with Crippen molar-refractivity contribution < 1.29 is 19.1 Å². The molecule has 322 valence electrons. The summed E-state index contributed by atoms with van der Waals surface area (Å²) in [6, 6.07) is 33.2. The Balaban J connectivity index is 0.970. The van der Waals surface area contributed by atoms with E-state index in [9.17, 15) is 9.59 Å². The summed E-state index contributed by atoms with van der Waals surface area (Å²) >= 11 is 0. The van der Waals surface area contributed by atoms with E-state index in [2.05, 4.69) is 139 Å². The average Bonchev–Trinajstić information content (AvgIpc) is 3.63. The molecule has 0 radical (unpaired) electrons. The van der Waals surface area contributed by atoms with Gasteiger partial charge in [0.1, 0.15) is 29.3 Å². The number of esters is 2. The fourth-order valence-electron chi connectivity index (χ4n) is 15.7. The van der Waals surface area contributed by atoms with Gasteiger partial charge in [0.15, 0.2) is 0 Å². The van der Waals surface area contributed by atoms with Crippen molar-refractivity contribution in [3.8, 4) is 0 Å². The summed E-state index contributed by atoms with van der Waals surface area (Å²) < 4.78 is 12.5. The van der Waals surface area contributed by atoms with Crippen molar-refractivity contribution in [3.05, 3.63) is 103 Å². The lowest BCUT2D eigenvalue weighted by molar-refractivity contribution is -0.252. The molecule has 3 aromatic rings. The van der Waals surface area contributed by atoms with Crippen LogP contribution in [0.2, 0.25) is 0 Å². The van der Waals surface area contributed by atoms with Crippen molar-refractivity contribution >= 4 is 35.1 Å². The second-order valence-electron chi connectivity index (χ2n) is 21.7. The van der Waals surface area contributed by atoms with Crippen LogP contribution < -0.4 is 15.9 Å². The Bertz CT molecular complexity index is 1910. The number of benzene rings is 3. The molecule has 0 amide bonds. The number of unbranched alkanes of at least 4 members (excludes halogenated alkanes) is 1. The van der Waals surface area contributed by atoms with Crippen LogP contribution in [0.3, 0.4) is 0 Å². The molecule has 0 unspecified atom stereocenters. The third kappa shape index (κ3) is 7.06. The second-order valence-corrected chi connectivity index (χ2v) is 25.3. The average molecular weight is 830 g/mol. The molecular weight excluding hydrogens is 756 g/mol. The highest BCUT2D eigenvalue weighted by Crippen LogP contribution is 2.77. The van der Waals surface area contributed by atoms with Gasteiger partial charge in [0.25, 0.3) is 0 Å². The van der Waals surface area contributed by atoms with E-state index in [1.54, 1.807) is 6.92 Å². The first-order chi connectivity index (χ1) is 28.6. The topological polar surface area (TPSA) is 52.6 Å². The highest BCUT2D eigenvalue weighted by molar-refractivity contribution is 7.95. The van der Waals surface area contributed by atoms with Gasteiger partial charge in [-0.15, -0.1) is 0 Å². The van der Waals surface area contributed by atoms with Gasteiger partial charge in [0, 0.05) is 24.2 Å². The Kier molecular flexibility index (Phi) is 11.9. The Hall–Kier alpha value is -3.23. The van der Waals surface area contributed by atoms with Crippen LogP contribution in [0.1, 0.15) is 132 Å². The van der Waals surface area contributed by atoms with Gasteiger partial charge in [-0.1, -0.05) is 101 Å². The van der Waals surface area contributed by atoms with Crippen molar-refractivity contribution in [1.82, 2.24) is 0 Å². The van der Waals surface area contributed by atoms with Crippen LogP contribution >= 0.6 is 7.26 Å². The summed E-state index contributed by atoms with van der Waals surface area (Å²) in [6.45, 7) is 21.8. The van der Waals surface area contributed by atoms with E-state index in [4.69, 9.17) is 9.47 Å². The third-order valence-corrected chi connectivity index (χ3v) is 23.2. The van der Waals surface area contributed by atoms with Gasteiger partial charge in [-0.25, -0.2) is 0 Å². The van der Waals surface area contributed by atoms with Crippen molar-refractivity contribution in [2.75, 3.05) is 12.8 Å². The molecule has 5 heteroatoms. The van der Waals surface area contributed by atoms with E-state index in [0.29, 0.717) is 42.6 Å². The van der Waals surface area contributed by atoms with Crippen molar-refractivity contribution in [3.63, 3.8) is 0 Å². The predicted octanol–water partition coefficient (Wildman–Crippen LogP) is 12.3. The Labute approximate surface area is 363 Å². The number of carbonyl (C=O) groups excluding carboxylic acids is 2. The predicted molar refractivity (Wildman–Crippen MR) is 249 cm³/mol. The fraction of sp³-hybridized carbons (Fsp3) is 0.600. The first-order valence-electron chi connectivity index (χ1n) is 23.7. The second kappa shape index (κ2) is 16.5. The molecule has 0 spiro atoms. The molecule has 0 aliphatic heterocycles. The summed E-state index contributed by atoms with van der Waals surface area (Å²) in [5.41, 5.74) is 2.03. The SMILES string of the molecule is C=C(C)[C@@H]1CC[C@]2(COC(=O)CCCC[P+](c3ccccc3)(c3ccccc3)c3ccccc3)CC[C@]3(C)[C@H](CC[C@@H]4[C@@]5(C)CC[C@H](OC(C)=O)C(C)(C)[C@@H]5CC[C@]43C)[C@@H]12. The van der Waals surface area contributed by atoms with Crippen LogP contribution in [0.4, 0.5) is 0 Å². The molecule has 0 heterocycles. The largest absolute Gasteiger partial charge is 0.465 e. The van der Waals surface area contributed by atoms with Crippen LogP contribution in [0.25, 0.3) is 0 Å². The van der Waals surface area contributed by atoms with Gasteiger partial charge in [-0.05, 0) is 166 Å². The van der Waals surface area contributed by atoms with Gasteiger partial charge < -0.3 is 9.47 Å². The molecule has 3 aromatic carbocycles. The maximum Gasteiger partial charge on any atom is 0.305 e. The van der Waals surface area contributed by atoms with E-state index >= 15 is 0 Å². The number of allylic oxidation sites excluding steroid dienone is 1. The molecular formula is C55H74O4P+. The van der Waals surface area contributed by atoms with Crippen LogP contribution in [0, 0.1) is 56.7 Å². The van der Waals surface area contributed by atoms with E-state index in [-0.39, 0.29) is 45.1 Å². The standard InChI is InChI=1S/C55H74O4P/c1-39(2)44-29-34-55(38-58-49(57)26-18-19-37-60(41-20-12-9-13-21-41,42-22-14-10-15-23-42)43-24-16-11-17-25-43)36-35-53(7)45(50(44)55)27-28-47-52(6)32-31-48(59-40(3)56)51(4,5)46(52)30-33-54(47,53)8/h9-17,20-25,44-48,50H,1,18-19,26-38H2,2-8H3/q+1/t44-,45+,46-,47+,48-,50+,52-,53+,54+,55+/m0/s1. The van der Waals surface area contributed by atoms with Gasteiger partial charge in [-0.2, -0.15) is 0 Å². The molecule has 10 atom stereocenters. The number of rotatable bonds is 12. The summed E-state index contributed by atoms with van der Waals surface area (Å²) in [5, 5.41) is 4.19. The van der Waals surface area contributed by atoms with Gasteiger partial charge in [-0.3, -0.25) is 9.59 Å². The molecule has 5 saturated carbocycles. The van der Waals surface area contributed by atoms with Crippen molar-refractivity contribution in [2.24, 2.45) is 56.7 Å². The number of fused-ring (bicyclic) bond motifs is 7. The molecule has 0 aromatic heterocycles. The van der Waals surface area contributed by atoms with E-state index in [0.717, 1.165) is 44.7 Å². The van der Waals surface area contributed by atoms with Crippen LogP contribution in [-0.4, -0.2) is 30.8 Å². The Morgan fingerprint density at radius 3 is 1.83 bits per heavy atom. The van der Waals surface area contributed by atoms with Crippen LogP contribution in [0.15, 0.2) is 103 Å².